The lowest BCUT2D eigenvalue weighted by Gasteiger charge is -2.11. The van der Waals surface area contributed by atoms with Gasteiger partial charge < -0.3 is 10.5 Å². The van der Waals surface area contributed by atoms with Crippen LogP contribution in [-0.4, -0.2) is 21.6 Å². The fourth-order valence-electron chi connectivity index (χ4n) is 2.17. The average Bonchev–Trinajstić information content (AvgIpc) is 2.52. The number of nitrogens with zero attached hydrogens (tertiary/aromatic N) is 3. The number of nitrogen functional groups attached to an aromatic ring is 1. The first kappa shape index (κ1) is 15.1. The molecule has 23 heavy (non-hydrogen) atoms. The van der Waals surface area contributed by atoms with Crippen molar-refractivity contribution < 1.29 is 9.13 Å². The van der Waals surface area contributed by atoms with Crippen LogP contribution < -0.4 is 10.5 Å². The van der Waals surface area contributed by atoms with E-state index in [1.54, 1.807) is 30.3 Å². The predicted molar refractivity (Wildman–Crippen MR) is 87.5 cm³/mol. The summed E-state index contributed by atoms with van der Waals surface area (Å²) in [5.41, 5.74) is 7.67. The molecular formula is C17H17FN4O. The van der Waals surface area contributed by atoms with Crippen LogP contribution in [0.15, 0.2) is 36.4 Å². The minimum atomic E-state index is -0.333. The lowest BCUT2D eigenvalue weighted by atomic mass is 10.1. The van der Waals surface area contributed by atoms with E-state index in [2.05, 4.69) is 15.0 Å². The van der Waals surface area contributed by atoms with Crippen LogP contribution in [0.25, 0.3) is 22.3 Å². The molecule has 6 heteroatoms. The van der Waals surface area contributed by atoms with E-state index in [1.165, 1.54) is 6.07 Å². The quantitative estimate of drug-likeness (QED) is 0.798. The topological polar surface area (TPSA) is 73.9 Å². The smallest absolute Gasteiger partial charge is 0.245 e. The zero-order chi connectivity index (χ0) is 16.4. The number of pyridine rings is 1. The summed E-state index contributed by atoms with van der Waals surface area (Å²) in [7, 11) is 0. The minimum absolute atomic E-state index is 0.122. The maximum atomic E-state index is 14.0. The molecular weight excluding hydrogens is 295 g/mol. The SMILES string of the molecule is CC(C)COc1nc(N)nc2ccc(-c3ccccc3F)nc12. The molecule has 0 aliphatic heterocycles. The first-order valence-corrected chi connectivity index (χ1v) is 7.36. The number of ether oxygens (including phenoxy) is 1. The lowest BCUT2D eigenvalue weighted by Crippen LogP contribution is -2.08. The number of anilines is 1. The van der Waals surface area contributed by atoms with Crippen LogP contribution in [0.5, 0.6) is 5.88 Å². The monoisotopic (exact) mass is 312 g/mol. The first-order chi connectivity index (χ1) is 11.0. The Morgan fingerprint density at radius 1 is 1.09 bits per heavy atom. The normalized spacial score (nSPS) is 11.1. The predicted octanol–water partition coefficient (Wildman–Crippen LogP) is 3.45. The Labute approximate surface area is 133 Å². The van der Waals surface area contributed by atoms with Gasteiger partial charge in [-0.25, -0.2) is 14.4 Å². The van der Waals surface area contributed by atoms with Gasteiger partial charge in [-0.05, 0) is 30.2 Å². The van der Waals surface area contributed by atoms with E-state index in [9.17, 15) is 4.39 Å². The number of benzene rings is 1. The van der Waals surface area contributed by atoms with Gasteiger partial charge in [-0.15, -0.1) is 0 Å². The van der Waals surface area contributed by atoms with Crippen molar-refractivity contribution in [1.82, 2.24) is 15.0 Å². The number of hydrogen-bond donors (Lipinski definition) is 1. The zero-order valence-electron chi connectivity index (χ0n) is 13.0. The van der Waals surface area contributed by atoms with Crippen molar-refractivity contribution in [2.24, 2.45) is 5.92 Å². The molecule has 0 radical (unpaired) electrons. The molecule has 0 fully saturated rings. The van der Waals surface area contributed by atoms with Gasteiger partial charge in [-0.3, -0.25) is 0 Å². The summed E-state index contributed by atoms with van der Waals surface area (Å²) in [6, 6.07) is 9.93. The number of nitrogens with two attached hydrogens (primary N) is 1. The van der Waals surface area contributed by atoms with E-state index in [0.717, 1.165) is 0 Å². The van der Waals surface area contributed by atoms with E-state index in [0.29, 0.717) is 40.7 Å². The standard InChI is InChI=1S/C17H17FN4O/c1-10(2)9-23-16-15-14(21-17(19)22-16)8-7-13(20-15)11-5-3-4-6-12(11)18/h3-8,10H,9H2,1-2H3,(H2,19,21,22). The number of hydrogen-bond acceptors (Lipinski definition) is 5. The maximum Gasteiger partial charge on any atom is 0.245 e. The number of halogens is 1. The van der Waals surface area contributed by atoms with Gasteiger partial charge in [-0.1, -0.05) is 26.0 Å². The molecule has 2 aromatic heterocycles. The molecule has 2 N–H and O–H groups in total. The van der Waals surface area contributed by atoms with E-state index in [4.69, 9.17) is 10.5 Å². The lowest BCUT2D eigenvalue weighted by molar-refractivity contribution is 0.264. The van der Waals surface area contributed by atoms with Gasteiger partial charge in [-0.2, -0.15) is 4.98 Å². The van der Waals surface area contributed by atoms with Gasteiger partial charge >= 0.3 is 0 Å². The summed E-state index contributed by atoms with van der Waals surface area (Å²) < 4.78 is 19.7. The molecule has 0 unspecified atom stereocenters. The van der Waals surface area contributed by atoms with Crippen LogP contribution in [0.1, 0.15) is 13.8 Å². The van der Waals surface area contributed by atoms with Gasteiger partial charge in [0.25, 0.3) is 0 Å². The highest BCUT2D eigenvalue weighted by Gasteiger charge is 2.13. The third kappa shape index (κ3) is 3.21. The van der Waals surface area contributed by atoms with Crippen molar-refractivity contribution in [3.8, 4) is 17.1 Å². The third-order valence-corrected chi connectivity index (χ3v) is 3.23. The van der Waals surface area contributed by atoms with E-state index >= 15 is 0 Å². The van der Waals surface area contributed by atoms with Crippen LogP contribution in [0, 0.1) is 11.7 Å². The molecule has 3 rings (SSSR count). The molecule has 0 amide bonds. The largest absolute Gasteiger partial charge is 0.476 e. The Balaban J connectivity index is 2.12. The molecule has 0 atom stereocenters. The second-order valence-electron chi connectivity index (χ2n) is 5.64. The fourth-order valence-corrected chi connectivity index (χ4v) is 2.17. The van der Waals surface area contributed by atoms with Crippen LogP contribution in [0.4, 0.5) is 10.3 Å². The summed E-state index contributed by atoms with van der Waals surface area (Å²) in [6.45, 7) is 4.55. The van der Waals surface area contributed by atoms with Gasteiger partial charge in [0.2, 0.25) is 11.8 Å². The molecule has 5 nitrogen and oxygen atoms in total. The molecule has 3 aromatic rings. The van der Waals surface area contributed by atoms with E-state index in [1.807, 2.05) is 13.8 Å². The van der Waals surface area contributed by atoms with Gasteiger partial charge in [0.1, 0.15) is 5.82 Å². The molecule has 0 aliphatic carbocycles. The van der Waals surface area contributed by atoms with Gasteiger partial charge in [0.05, 0.1) is 17.8 Å². The van der Waals surface area contributed by atoms with Crippen molar-refractivity contribution in [3.63, 3.8) is 0 Å². The Morgan fingerprint density at radius 2 is 1.87 bits per heavy atom. The Morgan fingerprint density at radius 3 is 2.61 bits per heavy atom. The number of fused-ring (bicyclic) bond motifs is 1. The highest BCUT2D eigenvalue weighted by atomic mass is 19.1. The average molecular weight is 312 g/mol. The van der Waals surface area contributed by atoms with Crippen molar-refractivity contribution in [2.75, 3.05) is 12.3 Å². The minimum Gasteiger partial charge on any atom is -0.476 e. The summed E-state index contributed by atoms with van der Waals surface area (Å²) in [5.74, 6) is 0.437. The van der Waals surface area contributed by atoms with Crippen LogP contribution in [0.2, 0.25) is 0 Å². The Kier molecular flexibility index (Phi) is 4.06. The van der Waals surface area contributed by atoms with E-state index < -0.39 is 0 Å². The highest BCUT2D eigenvalue weighted by molar-refractivity contribution is 5.83. The highest BCUT2D eigenvalue weighted by Crippen LogP contribution is 2.27. The van der Waals surface area contributed by atoms with Crippen molar-refractivity contribution >= 4 is 17.0 Å². The summed E-state index contributed by atoms with van der Waals surface area (Å²) in [5, 5.41) is 0. The van der Waals surface area contributed by atoms with E-state index in [-0.39, 0.29) is 11.8 Å². The summed E-state index contributed by atoms with van der Waals surface area (Å²) in [4.78, 5) is 12.7. The molecule has 0 bridgehead atoms. The Bertz CT molecular complexity index is 851. The molecule has 2 heterocycles. The first-order valence-electron chi connectivity index (χ1n) is 7.36. The molecule has 118 valence electrons. The molecule has 0 spiro atoms. The van der Waals surface area contributed by atoms with Crippen molar-refractivity contribution in [1.29, 1.82) is 0 Å². The Hall–Kier alpha value is -2.76. The molecule has 0 saturated carbocycles. The van der Waals surface area contributed by atoms with Gasteiger partial charge in [0, 0.05) is 5.56 Å². The summed E-state index contributed by atoms with van der Waals surface area (Å²) >= 11 is 0. The van der Waals surface area contributed by atoms with Gasteiger partial charge in [0.15, 0.2) is 5.52 Å². The van der Waals surface area contributed by atoms with Crippen LogP contribution in [-0.2, 0) is 0 Å². The maximum absolute atomic E-state index is 14.0. The van der Waals surface area contributed by atoms with Crippen LogP contribution in [0.3, 0.4) is 0 Å². The van der Waals surface area contributed by atoms with Crippen molar-refractivity contribution in [2.45, 2.75) is 13.8 Å². The number of aromatic nitrogens is 3. The third-order valence-electron chi connectivity index (χ3n) is 3.23. The molecule has 0 saturated heterocycles. The summed E-state index contributed by atoms with van der Waals surface area (Å²) in [6.07, 6.45) is 0. The zero-order valence-corrected chi connectivity index (χ0v) is 13.0. The number of rotatable bonds is 4. The van der Waals surface area contributed by atoms with Crippen molar-refractivity contribution in [3.05, 3.63) is 42.2 Å². The molecule has 0 aliphatic rings. The second-order valence-corrected chi connectivity index (χ2v) is 5.64. The second kappa shape index (κ2) is 6.16. The fraction of sp³-hybridized carbons (Fsp3) is 0.235. The van der Waals surface area contributed by atoms with Crippen LogP contribution >= 0.6 is 0 Å². The molecule has 1 aromatic carbocycles.